The van der Waals surface area contributed by atoms with Gasteiger partial charge in [-0.05, 0) is 12.8 Å². The van der Waals surface area contributed by atoms with Crippen LogP contribution in [0.4, 0.5) is 0 Å². The topological polar surface area (TPSA) is 44.8 Å². The summed E-state index contributed by atoms with van der Waals surface area (Å²) in [6.07, 6.45) is 3.57. The molecule has 0 N–H and O–H groups in total. The summed E-state index contributed by atoms with van der Waals surface area (Å²) in [5.41, 5.74) is 0. The van der Waals surface area contributed by atoms with Crippen molar-refractivity contribution in [3.05, 3.63) is 12.7 Å². The van der Waals surface area contributed by atoms with Crippen LogP contribution in [0.2, 0.25) is 0 Å². The van der Waals surface area contributed by atoms with Gasteiger partial charge < -0.3 is 4.74 Å². The molecular weight excluding hydrogens is 160 g/mol. The summed E-state index contributed by atoms with van der Waals surface area (Å²) >= 11 is 0. The Morgan fingerprint density at radius 3 is 2.25 bits per heavy atom. The first-order valence-corrected chi connectivity index (χ1v) is 3.76. The Hall–Kier alpha value is -0.870. The fraction of sp³-hybridized carbons (Fsp3) is 0.625. The largest absolute Gasteiger partial charge is 0.381 e. The first-order valence-electron chi connectivity index (χ1n) is 3.76. The third-order valence-electron chi connectivity index (χ3n) is 1.16. The summed E-state index contributed by atoms with van der Waals surface area (Å²) in [5.74, 6) is -0.581. The van der Waals surface area contributed by atoms with Gasteiger partial charge in [-0.25, -0.2) is 4.79 Å². The van der Waals surface area contributed by atoms with Gasteiger partial charge in [0.05, 0.1) is 7.11 Å². The Morgan fingerprint density at radius 1 is 1.50 bits per heavy atom. The molecule has 0 aromatic heterocycles. The molecule has 0 unspecified atom stereocenters. The molecule has 0 spiro atoms. The monoisotopic (exact) mass is 174 g/mol. The minimum Gasteiger partial charge on any atom is -0.381 e. The minimum atomic E-state index is -0.581. The maximum absolute atomic E-state index is 9.95. The number of rotatable bonds is 2. The Morgan fingerprint density at radius 2 is 2.08 bits per heavy atom. The van der Waals surface area contributed by atoms with Crippen molar-refractivity contribution >= 4 is 5.97 Å². The van der Waals surface area contributed by atoms with E-state index in [1.165, 1.54) is 20.0 Å². The summed E-state index contributed by atoms with van der Waals surface area (Å²) in [7, 11) is 1.25. The molecule has 0 saturated carbocycles. The SMILES string of the molecule is C1CCOC1.C=CC(=O)OOC. The van der Waals surface area contributed by atoms with Crippen molar-refractivity contribution in [2.24, 2.45) is 0 Å². The Labute approximate surface area is 72.0 Å². The van der Waals surface area contributed by atoms with Crippen LogP contribution in [-0.2, 0) is 19.3 Å². The first kappa shape index (κ1) is 11.1. The second kappa shape index (κ2) is 8.23. The molecule has 1 heterocycles. The quantitative estimate of drug-likeness (QED) is 0.357. The number of hydrogen-bond acceptors (Lipinski definition) is 4. The maximum Gasteiger partial charge on any atom is 0.365 e. The summed E-state index contributed by atoms with van der Waals surface area (Å²) in [4.78, 5) is 17.9. The van der Waals surface area contributed by atoms with Crippen LogP contribution in [0.5, 0.6) is 0 Å². The van der Waals surface area contributed by atoms with E-state index < -0.39 is 5.97 Å². The Bertz CT molecular complexity index is 121. The molecule has 12 heavy (non-hydrogen) atoms. The molecule has 0 bridgehead atoms. The van der Waals surface area contributed by atoms with Gasteiger partial charge in [0.2, 0.25) is 0 Å². The van der Waals surface area contributed by atoms with E-state index in [9.17, 15) is 4.79 Å². The number of ether oxygens (including phenoxy) is 1. The van der Waals surface area contributed by atoms with Gasteiger partial charge in [-0.3, -0.25) is 4.89 Å². The van der Waals surface area contributed by atoms with E-state index in [0.29, 0.717) is 0 Å². The lowest BCUT2D eigenvalue weighted by atomic mass is 10.4. The zero-order valence-electron chi connectivity index (χ0n) is 7.25. The van der Waals surface area contributed by atoms with Crippen LogP contribution in [0.15, 0.2) is 12.7 Å². The lowest BCUT2D eigenvalue weighted by molar-refractivity contribution is -0.249. The summed E-state index contributed by atoms with van der Waals surface area (Å²) in [6, 6.07) is 0. The highest BCUT2D eigenvalue weighted by Gasteiger charge is 1.94. The van der Waals surface area contributed by atoms with E-state index in [2.05, 4.69) is 16.4 Å². The van der Waals surface area contributed by atoms with Gasteiger partial charge in [0.15, 0.2) is 0 Å². The molecule has 4 nitrogen and oxygen atoms in total. The second-order valence-corrected chi connectivity index (χ2v) is 2.09. The third kappa shape index (κ3) is 7.24. The van der Waals surface area contributed by atoms with Crippen molar-refractivity contribution in [3.8, 4) is 0 Å². The van der Waals surface area contributed by atoms with Crippen molar-refractivity contribution in [1.29, 1.82) is 0 Å². The number of carbonyl (C=O) groups excluding carboxylic acids is 1. The van der Waals surface area contributed by atoms with Crippen molar-refractivity contribution in [3.63, 3.8) is 0 Å². The highest BCUT2D eigenvalue weighted by atomic mass is 17.2. The van der Waals surface area contributed by atoms with Gasteiger partial charge in [-0.1, -0.05) is 6.58 Å². The summed E-state index contributed by atoms with van der Waals surface area (Å²) < 4.78 is 4.94. The molecule has 4 heteroatoms. The molecular formula is C8H14O4. The lowest BCUT2D eigenvalue weighted by Crippen LogP contribution is -1.96. The highest BCUT2D eigenvalue weighted by molar-refractivity contribution is 5.80. The van der Waals surface area contributed by atoms with Crippen LogP contribution in [0, 0.1) is 0 Å². The fourth-order valence-corrected chi connectivity index (χ4v) is 0.626. The average Bonchev–Trinajstić information content (AvgIpc) is 2.62. The maximum atomic E-state index is 9.95. The second-order valence-electron chi connectivity index (χ2n) is 2.09. The van der Waals surface area contributed by atoms with Gasteiger partial charge >= 0.3 is 5.97 Å². The van der Waals surface area contributed by atoms with E-state index in [-0.39, 0.29) is 0 Å². The molecule has 1 fully saturated rings. The van der Waals surface area contributed by atoms with Crippen LogP contribution in [0.3, 0.4) is 0 Å². The zero-order valence-corrected chi connectivity index (χ0v) is 7.25. The molecule has 1 aliphatic rings. The highest BCUT2D eigenvalue weighted by Crippen LogP contribution is 1.98. The average molecular weight is 174 g/mol. The Kier molecular flexibility index (Phi) is 7.63. The molecule has 0 atom stereocenters. The molecule has 1 aliphatic heterocycles. The number of hydrogen-bond donors (Lipinski definition) is 0. The van der Waals surface area contributed by atoms with Gasteiger partial charge in [0.25, 0.3) is 0 Å². The molecule has 0 radical (unpaired) electrons. The predicted octanol–water partition coefficient (Wildman–Crippen LogP) is 1.07. The molecule has 1 saturated heterocycles. The van der Waals surface area contributed by atoms with Gasteiger partial charge in [-0.15, -0.1) is 0 Å². The number of carbonyl (C=O) groups is 1. The molecule has 1 rings (SSSR count). The smallest absolute Gasteiger partial charge is 0.365 e. The van der Waals surface area contributed by atoms with Crippen LogP contribution in [0.25, 0.3) is 0 Å². The molecule has 0 aromatic rings. The first-order chi connectivity index (χ1) is 5.81. The van der Waals surface area contributed by atoms with Gasteiger partial charge in [-0.2, -0.15) is 4.89 Å². The zero-order chi connectivity index (χ0) is 9.23. The van der Waals surface area contributed by atoms with E-state index >= 15 is 0 Å². The molecule has 0 aliphatic carbocycles. The van der Waals surface area contributed by atoms with Crippen LogP contribution in [-0.4, -0.2) is 26.3 Å². The van der Waals surface area contributed by atoms with Crippen LogP contribution >= 0.6 is 0 Å². The molecule has 0 aromatic carbocycles. The lowest BCUT2D eigenvalue weighted by Gasteiger charge is -1.88. The van der Waals surface area contributed by atoms with E-state index in [0.717, 1.165) is 19.3 Å². The van der Waals surface area contributed by atoms with Crippen molar-refractivity contribution in [2.75, 3.05) is 20.3 Å². The molecule has 0 amide bonds. The van der Waals surface area contributed by atoms with Crippen molar-refractivity contribution < 1.29 is 19.3 Å². The van der Waals surface area contributed by atoms with E-state index in [4.69, 9.17) is 4.74 Å². The molecule has 70 valence electrons. The Balaban J connectivity index is 0.000000211. The standard InChI is InChI=1S/C4H6O3.C4H8O/c1-3-4(5)7-6-2;1-2-4-5-3-1/h3H,1H2,2H3;1-4H2. The van der Waals surface area contributed by atoms with Crippen molar-refractivity contribution in [1.82, 2.24) is 0 Å². The normalized spacial score (nSPS) is 14.4. The third-order valence-corrected chi connectivity index (χ3v) is 1.16. The van der Waals surface area contributed by atoms with Gasteiger partial charge in [0.1, 0.15) is 0 Å². The van der Waals surface area contributed by atoms with Crippen LogP contribution < -0.4 is 0 Å². The fourth-order valence-electron chi connectivity index (χ4n) is 0.626. The summed E-state index contributed by atoms with van der Waals surface area (Å²) in [5, 5.41) is 0. The van der Waals surface area contributed by atoms with E-state index in [1.807, 2.05) is 0 Å². The van der Waals surface area contributed by atoms with Gasteiger partial charge in [0, 0.05) is 19.3 Å². The van der Waals surface area contributed by atoms with Crippen molar-refractivity contribution in [2.45, 2.75) is 12.8 Å². The predicted molar refractivity (Wildman–Crippen MR) is 43.4 cm³/mol. The van der Waals surface area contributed by atoms with E-state index in [1.54, 1.807) is 0 Å². The summed E-state index contributed by atoms with van der Waals surface area (Å²) in [6.45, 7) is 5.12. The minimum absolute atomic E-state index is 0.581. The van der Waals surface area contributed by atoms with Crippen LogP contribution in [0.1, 0.15) is 12.8 Å².